The number of nitrogens with one attached hydrogen (secondary N) is 1. The van der Waals surface area contributed by atoms with Gasteiger partial charge in [0, 0.05) is 28.2 Å². The second kappa shape index (κ2) is 7.40. The number of carbonyl (C=O) groups excluding carboxylic acids is 1. The molecule has 1 heterocycles. The molecule has 0 atom stereocenters. The van der Waals surface area contributed by atoms with E-state index in [1.54, 1.807) is 18.3 Å². The number of nitrogens with zero attached hydrogens (tertiary/aromatic N) is 2. The van der Waals surface area contributed by atoms with E-state index in [2.05, 4.69) is 66.2 Å². The second-order valence-electron chi connectivity index (χ2n) is 6.57. The fraction of sp³-hybridized carbons (Fsp3) is 0.182. The molecule has 0 aliphatic rings. The van der Waals surface area contributed by atoms with Crippen LogP contribution in [0.25, 0.3) is 5.69 Å². The lowest BCUT2D eigenvalue weighted by Crippen LogP contribution is -2.17. The number of aromatic nitrogens is 1. The Bertz CT molecular complexity index is 966. The van der Waals surface area contributed by atoms with Gasteiger partial charge in [0.15, 0.2) is 0 Å². The number of amides is 1. The fourth-order valence-electron chi connectivity index (χ4n) is 3.01. The van der Waals surface area contributed by atoms with Gasteiger partial charge in [-0.25, -0.2) is 5.43 Å². The molecule has 3 rings (SSSR count). The van der Waals surface area contributed by atoms with Crippen LogP contribution >= 0.6 is 0 Å². The maximum Gasteiger partial charge on any atom is 0.271 e. The molecule has 2 aromatic carbocycles. The van der Waals surface area contributed by atoms with Crippen molar-refractivity contribution >= 4 is 12.1 Å². The normalized spacial score (nSPS) is 11.1. The minimum Gasteiger partial charge on any atom is -0.318 e. The largest absolute Gasteiger partial charge is 0.318 e. The van der Waals surface area contributed by atoms with Crippen LogP contribution in [0, 0.1) is 27.7 Å². The first kappa shape index (κ1) is 17.7. The van der Waals surface area contributed by atoms with Gasteiger partial charge in [-0.1, -0.05) is 29.8 Å². The summed E-state index contributed by atoms with van der Waals surface area (Å²) in [6, 6.07) is 17.9. The third kappa shape index (κ3) is 3.75. The Morgan fingerprint density at radius 3 is 2.38 bits per heavy atom. The Morgan fingerprint density at radius 1 is 0.962 bits per heavy atom. The molecule has 0 spiro atoms. The molecule has 4 heteroatoms. The van der Waals surface area contributed by atoms with Gasteiger partial charge in [0.25, 0.3) is 5.91 Å². The molecule has 0 unspecified atom stereocenters. The van der Waals surface area contributed by atoms with Gasteiger partial charge in [-0.05, 0) is 63.6 Å². The van der Waals surface area contributed by atoms with Crippen LogP contribution in [0.1, 0.15) is 38.4 Å². The monoisotopic (exact) mass is 345 g/mol. The summed E-state index contributed by atoms with van der Waals surface area (Å²) >= 11 is 0. The molecule has 0 aliphatic heterocycles. The highest BCUT2D eigenvalue weighted by molar-refractivity contribution is 5.95. The average Bonchev–Trinajstić information content (AvgIpc) is 2.89. The Morgan fingerprint density at radius 2 is 1.69 bits per heavy atom. The average molecular weight is 345 g/mol. The summed E-state index contributed by atoms with van der Waals surface area (Å²) in [7, 11) is 0. The van der Waals surface area contributed by atoms with Gasteiger partial charge < -0.3 is 4.57 Å². The number of aryl methyl sites for hydroxylation is 3. The molecule has 0 aliphatic carbocycles. The zero-order chi connectivity index (χ0) is 18.7. The molecule has 3 aromatic rings. The zero-order valence-corrected chi connectivity index (χ0v) is 15.6. The van der Waals surface area contributed by atoms with Gasteiger partial charge in [0.2, 0.25) is 0 Å². The molecule has 0 radical (unpaired) electrons. The van der Waals surface area contributed by atoms with Crippen molar-refractivity contribution < 1.29 is 4.79 Å². The summed E-state index contributed by atoms with van der Waals surface area (Å²) in [6.07, 6.45) is 1.70. The molecule has 4 nitrogen and oxygen atoms in total. The lowest BCUT2D eigenvalue weighted by molar-refractivity contribution is 0.0955. The van der Waals surface area contributed by atoms with E-state index in [9.17, 15) is 4.79 Å². The number of rotatable bonds is 4. The number of carbonyl (C=O) groups is 1. The van der Waals surface area contributed by atoms with Crippen LogP contribution in [0.3, 0.4) is 0 Å². The number of hydrogen-bond donors (Lipinski definition) is 1. The number of benzene rings is 2. The molecule has 132 valence electrons. The smallest absolute Gasteiger partial charge is 0.271 e. The molecule has 0 bridgehead atoms. The van der Waals surface area contributed by atoms with E-state index in [0.29, 0.717) is 5.56 Å². The molecule has 1 aromatic heterocycles. The SMILES string of the molecule is Cc1ccc(C(=O)N/N=C\c2cc(C)n(-c3cccc(C)c3)c2C)cc1. The van der Waals surface area contributed by atoms with Crippen molar-refractivity contribution in [3.8, 4) is 5.69 Å². The van der Waals surface area contributed by atoms with Crippen molar-refractivity contribution in [3.63, 3.8) is 0 Å². The van der Waals surface area contributed by atoms with Crippen LogP contribution in [0.5, 0.6) is 0 Å². The van der Waals surface area contributed by atoms with Crippen molar-refractivity contribution in [1.29, 1.82) is 0 Å². The third-order valence-electron chi connectivity index (χ3n) is 4.41. The van der Waals surface area contributed by atoms with Crippen molar-refractivity contribution in [2.75, 3.05) is 0 Å². The molecule has 0 fully saturated rings. The van der Waals surface area contributed by atoms with Crippen molar-refractivity contribution in [2.45, 2.75) is 27.7 Å². The second-order valence-corrected chi connectivity index (χ2v) is 6.57. The Hall–Kier alpha value is -3.14. The van der Waals surface area contributed by atoms with Crippen LogP contribution < -0.4 is 5.43 Å². The van der Waals surface area contributed by atoms with Crippen molar-refractivity contribution in [1.82, 2.24) is 9.99 Å². The molecule has 0 saturated heterocycles. The molecule has 1 amide bonds. The highest BCUT2D eigenvalue weighted by Crippen LogP contribution is 2.20. The fourth-order valence-corrected chi connectivity index (χ4v) is 3.01. The predicted octanol–water partition coefficient (Wildman–Crippen LogP) is 4.47. The van der Waals surface area contributed by atoms with Gasteiger partial charge in [-0.2, -0.15) is 5.10 Å². The molecular formula is C22H23N3O. The standard InChI is InChI=1S/C22H23N3O/c1-15-8-10-19(11-9-15)22(26)24-23-14-20-13-17(3)25(18(20)4)21-7-5-6-16(2)12-21/h5-14H,1-4H3,(H,24,26)/b23-14-. The number of hydrazone groups is 1. The van der Waals surface area contributed by atoms with E-state index in [4.69, 9.17) is 0 Å². The zero-order valence-electron chi connectivity index (χ0n) is 15.6. The van der Waals surface area contributed by atoms with Gasteiger partial charge in [-0.3, -0.25) is 4.79 Å². The Kier molecular flexibility index (Phi) is 5.03. The van der Waals surface area contributed by atoms with Crippen molar-refractivity contribution in [2.24, 2.45) is 5.10 Å². The highest BCUT2D eigenvalue weighted by atomic mass is 16.2. The van der Waals surface area contributed by atoms with E-state index in [-0.39, 0.29) is 5.91 Å². The summed E-state index contributed by atoms with van der Waals surface area (Å²) in [4.78, 5) is 12.1. The topological polar surface area (TPSA) is 46.4 Å². The van der Waals surface area contributed by atoms with E-state index < -0.39 is 0 Å². The lowest BCUT2D eigenvalue weighted by Gasteiger charge is -2.10. The van der Waals surface area contributed by atoms with Crippen molar-refractivity contribution in [3.05, 3.63) is 88.2 Å². The molecule has 26 heavy (non-hydrogen) atoms. The van der Waals surface area contributed by atoms with E-state index in [1.807, 2.05) is 19.1 Å². The van der Waals surface area contributed by atoms with E-state index in [0.717, 1.165) is 28.2 Å². The van der Waals surface area contributed by atoms with Gasteiger partial charge in [0.1, 0.15) is 0 Å². The first-order chi connectivity index (χ1) is 12.5. The van der Waals surface area contributed by atoms with E-state index in [1.165, 1.54) is 5.56 Å². The summed E-state index contributed by atoms with van der Waals surface area (Å²) in [5, 5.41) is 4.13. The summed E-state index contributed by atoms with van der Waals surface area (Å²) in [5.74, 6) is -0.214. The quantitative estimate of drug-likeness (QED) is 0.550. The predicted molar refractivity (Wildman–Crippen MR) is 106 cm³/mol. The Labute approximate surface area is 154 Å². The maximum absolute atomic E-state index is 12.1. The summed E-state index contributed by atoms with van der Waals surface area (Å²) < 4.78 is 2.19. The van der Waals surface area contributed by atoms with Crippen LogP contribution in [-0.4, -0.2) is 16.7 Å². The lowest BCUT2D eigenvalue weighted by atomic mass is 10.1. The maximum atomic E-state index is 12.1. The first-order valence-corrected chi connectivity index (χ1v) is 8.62. The van der Waals surface area contributed by atoms with Crippen LogP contribution in [0.4, 0.5) is 0 Å². The highest BCUT2D eigenvalue weighted by Gasteiger charge is 2.10. The molecule has 1 N–H and O–H groups in total. The minimum absolute atomic E-state index is 0.214. The van der Waals surface area contributed by atoms with Crippen LogP contribution in [-0.2, 0) is 0 Å². The summed E-state index contributed by atoms with van der Waals surface area (Å²) in [6.45, 7) is 8.19. The van der Waals surface area contributed by atoms with Crippen LogP contribution in [0.15, 0.2) is 59.7 Å². The summed E-state index contributed by atoms with van der Waals surface area (Å²) in [5.41, 5.74) is 9.84. The Balaban J connectivity index is 1.78. The molecular weight excluding hydrogens is 322 g/mol. The third-order valence-corrected chi connectivity index (χ3v) is 4.41. The minimum atomic E-state index is -0.214. The molecule has 0 saturated carbocycles. The number of hydrogen-bond acceptors (Lipinski definition) is 2. The van der Waals surface area contributed by atoms with E-state index >= 15 is 0 Å². The van der Waals surface area contributed by atoms with Gasteiger partial charge in [-0.15, -0.1) is 0 Å². The van der Waals surface area contributed by atoms with Gasteiger partial charge >= 0.3 is 0 Å². The van der Waals surface area contributed by atoms with Crippen LogP contribution in [0.2, 0.25) is 0 Å². The first-order valence-electron chi connectivity index (χ1n) is 8.62. The van der Waals surface area contributed by atoms with Gasteiger partial charge in [0.05, 0.1) is 6.21 Å².